The monoisotopic (exact) mass is 320 g/mol. The molecule has 2 amide bonds. The van der Waals surface area contributed by atoms with Crippen molar-refractivity contribution in [2.75, 3.05) is 18.2 Å². The van der Waals surface area contributed by atoms with Gasteiger partial charge in [-0.3, -0.25) is 0 Å². The molecule has 5 heteroatoms. The molecule has 3 rings (SSSR count). The van der Waals surface area contributed by atoms with Crippen molar-refractivity contribution in [3.05, 3.63) is 29.8 Å². The van der Waals surface area contributed by atoms with E-state index in [0.29, 0.717) is 12.0 Å². The van der Waals surface area contributed by atoms with Gasteiger partial charge in [-0.2, -0.15) is 11.8 Å². The van der Waals surface area contributed by atoms with Crippen LogP contribution in [0, 0.1) is 11.3 Å². The SMILES string of the molecule is CSCc1cccc(NC(=O)N[C@@H]2[C@@H]3CCO[C@H]3C2(C)C)c1. The molecule has 1 aliphatic heterocycles. The Hall–Kier alpha value is -1.20. The fourth-order valence-corrected chi connectivity index (χ4v) is 4.34. The van der Waals surface area contributed by atoms with E-state index in [1.54, 1.807) is 11.8 Å². The number of ether oxygens (including phenoxy) is 1. The van der Waals surface area contributed by atoms with Gasteiger partial charge < -0.3 is 15.4 Å². The first-order valence-corrected chi connectivity index (χ1v) is 9.19. The zero-order valence-corrected chi connectivity index (χ0v) is 14.2. The molecule has 0 unspecified atom stereocenters. The molecule has 2 N–H and O–H groups in total. The van der Waals surface area contributed by atoms with Gasteiger partial charge in [-0.25, -0.2) is 4.79 Å². The summed E-state index contributed by atoms with van der Waals surface area (Å²) in [4.78, 5) is 12.3. The second-order valence-corrected chi connectivity index (χ2v) is 7.64. The Bertz CT molecular complexity index is 561. The summed E-state index contributed by atoms with van der Waals surface area (Å²) in [5, 5.41) is 6.10. The van der Waals surface area contributed by atoms with Crippen molar-refractivity contribution in [1.29, 1.82) is 0 Å². The number of nitrogens with one attached hydrogen (secondary N) is 2. The van der Waals surface area contributed by atoms with Crippen LogP contribution >= 0.6 is 11.8 Å². The first-order valence-electron chi connectivity index (χ1n) is 7.79. The van der Waals surface area contributed by atoms with Crippen molar-refractivity contribution in [1.82, 2.24) is 5.32 Å². The van der Waals surface area contributed by atoms with Crippen LogP contribution in [-0.2, 0) is 10.5 Å². The molecule has 1 aliphatic carbocycles. The van der Waals surface area contributed by atoms with Crippen molar-refractivity contribution in [3.8, 4) is 0 Å². The fraction of sp³-hybridized carbons (Fsp3) is 0.588. The number of fused-ring (bicyclic) bond motifs is 1. The van der Waals surface area contributed by atoms with E-state index in [4.69, 9.17) is 4.74 Å². The van der Waals surface area contributed by atoms with Crippen LogP contribution in [0.3, 0.4) is 0 Å². The lowest BCUT2D eigenvalue weighted by Gasteiger charge is -2.54. The summed E-state index contributed by atoms with van der Waals surface area (Å²) >= 11 is 1.77. The van der Waals surface area contributed by atoms with Gasteiger partial charge in [-0.15, -0.1) is 0 Å². The molecule has 1 saturated carbocycles. The van der Waals surface area contributed by atoms with Gasteiger partial charge in [0.25, 0.3) is 0 Å². The highest BCUT2D eigenvalue weighted by Gasteiger charge is 2.59. The van der Waals surface area contributed by atoms with E-state index in [1.807, 2.05) is 18.2 Å². The number of rotatable bonds is 4. The molecule has 22 heavy (non-hydrogen) atoms. The predicted octanol–water partition coefficient (Wildman–Crippen LogP) is 3.48. The molecule has 0 aromatic heterocycles. The molecule has 120 valence electrons. The van der Waals surface area contributed by atoms with Crippen LogP contribution in [0.25, 0.3) is 0 Å². The smallest absolute Gasteiger partial charge is 0.319 e. The maximum atomic E-state index is 12.3. The summed E-state index contributed by atoms with van der Waals surface area (Å²) in [6.07, 6.45) is 3.41. The number of hydrogen-bond donors (Lipinski definition) is 2. The molecule has 0 spiro atoms. The third-order valence-corrected chi connectivity index (χ3v) is 5.50. The number of urea groups is 1. The van der Waals surface area contributed by atoms with Crippen LogP contribution in [0.1, 0.15) is 25.8 Å². The normalized spacial score (nSPS) is 28.6. The van der Waals surface area contributed by atoms with E-state index in [9.17, 15) is 4.79 Å². The zero-order valence-electron chi connectivity index (χ0n) is 13.4. The number of amides is 2. The first kappa shape index (κ1) is 15.7. The van der Waals surface area contributed by atoms with Gasteiger partial charge in [0.15, 0.2) is 0 Å². The Morgan fingerprint density at radius 2 is 2.27 bits per heavy atom. The average Bonchev–Trinajstić information content (AvgIpc) is 2.92. The largest absolute Gasteiger partial charge is 0.377 e. The molecular formula is C17H24N2O2S. The van der Waals surface area contributed by atoms with Crippen LogP contribution in [0.5, 0.6) is 0 Å². The van der Waals surface area contributed by atoms with Gasteiger partial charge in [0, 0.05) is 35.4 Å². The van der Waals surface area contributed by atoms with E-state index >= 15 is 0 Å². The number of carbonyl (C=O) groups excluding carboxylic acids is 1. The zero-order chi connectivity index (χ0) is 15.7. The molecule has 2 aliphatic rings. The Balaban J connectivity index is 1.60. The molecule has 0 radical (unpaired) electrons. The summed E-state index contributed by atoms with van der Waals surface area (Å²) in [5.74, 6) is 1.41. The predicted molar refractivity (Wildman–Crippen MR) is 91.2 cm³/mol. The topological polar surface area (TPSA) is 50.4 Å². The Labute approximate surface area is 136 Å². The van der Waals surface area contributed by atoms with E-state index in [-0.39, 0.29) is 17.5 Å². The van der Waals surface area contributed by atoms with Crippen LogP contribution in [-0.4, -0.2) is 31.0 Å². The lowest BCUT2D eigenvalue weighted by atomic mass is 9.57. The minimum Gasteiger partial charge on any atom is -0.377 e. The highest BCUT2D eigenvalue weighted by atomic mass is 32.2. The summed E-state index contributed by atoms with van der Waals surface area (Å²) < 4.78 is 5.77. The van der Waals surface area contributed by atoms with E-state index in [0.717, 1.165) is 24.5 Å². The maximum Gasteiger partial charge on any atom is 0.319 e. The van der Waals surface area contributed by atoms with Gasteiger partial charge in [0.2, 0.25) is 0 Å². The summed E-state index contributed by atoms with van der Waals surface area (Å²) in [6.45, 7) is 5.16. The second-order valence-electron chi connectivity index (χ2n) is 6.77. The number of anilines is 1. The summed E-state index contributed by atoms with van der Waals surface area (Å²) in [5.41, 5.74) is 2.08. The van der Waals surface area contributed by atoms with Gasteiger partial charge in [0.05, 0.1) is 6.10 Å². The highest BCUT2D eigenvalue weighted by molar-refractivity contribution is 7.97. The third-order valence-electron chi connectivity index (χ3n) is 4.88. The first-order chi connectivity index (χ1) is 10.5. The number of carbonyl (C=O) groups is 1. The van der Waals surface area contributed by atoms with Crippen LogP contribution in [0.4, 0.5) is 10.5 Å². The van der Waals surface area contributed by atoms with Crippen LogP contribution in [0.2, 0.25) is 0 Å². The third kappa shape index (κ3) is 2.84. The van der Waals surface area contributed by atoms with E-state index < -0.39 is 0 Å². The van der Waals surface area contributed by atoms with Gasteiger partial charge >= 0.3 is 6.03 Å². The Morgan fingerprint density at radius 3 is 3.05 bits per heavy atom. The molecule has 0 bridgehead atoms. The number of thioether (sulfide) groups is 1. The van der Waals surface area contributed by atoms with E-state index in [1.165, 1.54) is 5.56 Å². The lowest BCUT2D eigenvalue weighted by molar-refractivity contribution is -0.107. The summed E-state index contributed by atoms with van der Waals surface area (Å²) in [7, 11) is 0. The lowest BCUT2D eigenvalue weighted by Crippen LogP contribution is -2.67. The standard InChI is InChI=1S/C17H24N2O2S/c1-17(2)14(13-7-8-21-15(13)17)19-16(20)18-12-6-4-5-11(9-12)10-22-3/h4-6,9,13-15H,7-8,10H2,1-3H3,(H2,18,19,20)/t13-,14+,15+/m0/s1. The Morgan fingerprint density at radius 1 is 1.45 bits per heavy atom. The van der Waals surface area contributed by atoms with E-state index in [2.05, 4.69) is 36.8 Å². The van der Waals surface area contributed by atoms with Crippen molar-refractivity contribution < 1.29 is 9.53 Å². The number of hydrogen-bond acceptors (Lipinski definition) is 3. The minimum atomic E-state index is -0.121. The molecular weight excluding hydrogens is 296 g/mol. The van der Waals surface area contributed by atoms with Gasteiger partial charge in [0.1, 0.15) is 0 Å². The van der Waals surface area contributed by atoms with Crippen molar-refractivity contribution in [2.45, 2.75) is 38.2 Å². The molecule has 1 aromatic carbocycles. The quantitative estimate of drug-likeness (QED) is 0.893. The van der Waals surface area contributed by atoms with Crippen molar-refractivity contribution in [2.24, 2.45) is 11.3 Å². The number of benzene rings is 1. The highest BCUT2D eigenvalue weighted by Crippen LogP contribution is 2.52. The maximum absolute atomic E-state index is 12.3. The fourth-order valence-electron chi connectivity index (χ4n) is 3.83. The van der Waals surface area contributed by atoms with Crippen LogP contribution in [0.15, 0.2) is 24.3 Å². The molecule has 3 atom stereocenters. The molecule has 1 heterocycles. The molecule has 4 nitrogen and oxygen atoms in total. The van der Waals surface area contributed by atoms with Crippen molar-refractivity contribution >= 4 is 23.5 Å². The van der Waals surface area contributed by atoms with Crippen molar-refractivity contribution in [3.63, 3.8) is 0 Å². The Kier molecular flexibility index (Phi) is 4.37. The van der Waals surface area contributed by atoms with Crippen LogP contribution < -0.4 is 10.6 Å². The molecule has 2 fully saturated rings. The second kappa shape index (κ2) is 6.13. The minimum absolute atomic E-state index is 0.0131. The molecule has 1 saturated heterocycles. The average molecular weight is 320 g/mol. The van der Waals surface area contributed by atoms with Gasteiger partial charge in [-0.05, 0) is 30.4 Å². The summed E-state index contributed by atoms with van der Waals surface area (Å²) in [6, 6.07) is 8.09. The van der Waals surface area contributed by atoms with Gasteiger partial charge in [-0.1, -0.05) is 26.0 Å². The molecule has 1 aromatic rings.